The summed E-state index contributed by atoms with van der Waals surface area (Å²) in [7, 11) is 3.99. The number of aliphatic carboxylic acids is 1. The Kier molecular flexibility index (Phi) is 4.07. The van der Waals surface area contributed by atoms with Gasteiger partial charge in [-0.2, -0.15) is 0 Å². The molecule has 1 heterocycles. The van der Waals surface area contributed by atoms with Gasteiger partial charge in [-0.25, -0.2) is 0 Å². The molecule has 104 valence electrons. The van der Waals surface area contributed by atoms with Crippen LogP contribution in [-0.2, 0) is 11.3 Å². The number of anilines is 1. The molecule has 2 unspecified atom stereocenters. The molecule has 1 aliphatic rings. The van der Waals surface area contributed by atoms with Crippen LogP contribution in [-0.4, -0.2) is 48.7 Å². The molecule has 0 bridgehead atoms. The number of carboxylic acid groups (broad SMARTS) is 1. The standard InChI is InChI=1S/C14H21N3O2/c1-16(2)12-5-3-10(4-6-12)8-17-9-11(15)7-13(17)14(18)19/h3-6,11,13H,7-9,15H2,1-2H3,(H,18,19). The molecule has 5 heteroatoms. The third-order valence-electron chi connectivity index (χ3n) is 3.56. The quantitative estimate of drug-likeness (QED) is 0.838. The summed E-state index contributed by atoms with van der Waals surface area (Å²) in [5, 5.41) is 9.19. The maximum atomic E-state index is 11.2. The van der Waals surface area contributed by atoms with Crippen molar-refractivity contribution >= 4 is 11.7 Å². The van der Waals surface area contributed by atoms with E-state index in [4.69, 9.17) is 5.73 Å². The van der Waals surface area contributed by atoms with Gasteiger partial charge in [0.1, 0.15) is 6.04 Å². The summed E-state index contributed by atoms with van der Waals surface area (Å²) in [6.45, 7) is 1.28. The Morgan fingerprint density at radius 3 is 2.58 bits per heavy atom. The molecule has 1 aromatic rings. The van der Waals surface area contributed by atoms with Crippen LogP contribution in [0.15, 0.2) is 24.3 Å². The SMILES string of the molecule is CN(C)c1ccc(CN2CC(N)CC2C(=O)O)cc1. The van der Waals surface area contributed by atoms with Crippen molar-refractivity contribution in [3.8, 4) is 0 Å². The van der Waals surface area contributed by atoms with Crippen LogP contribution in [0.5, 0.6) is 0 Å². The molecule has 0 amide bonds. The molecule has 19 heavy (non-hydrogen) atoms. The highest BCUT2D eigenvalue weighted by Gasteiger charge is 2.34. The molecule has 0 spiro atoms. The van der Waals surface area contributed by atoms with Crippen LogP contribution in [0.2, 0.25) is 0 Å². The highest BCUT2D eigenvalue weighted by Crippen LogP contribution is 2.21. The minimum absolute atomic E-state index is 0.0397. The van der Waals surface area contributed by atoms with E-state index in [0.29, 0.717) is 19.5 Å². The van der Waals surface area contributed by atoms with Gasteiger partial charge in [0.2, 0.25) is 0 Å². The molecule has 2 rings (SSSR count). The van der Waals surface area contributed by atoms with E-state index in [0.717, 1.165) is 11.3 Å². The first-order valence-corrected chi connectivity index (χ1v) is 6.46. The Bertz CT molecular complexity index is 445. The molecule has 1 saturated heterocycles. The molecule has 0 aliphatic carbocycles. The van der Waals surface area contributed by atoms with Crippen LogP contribution in [0.25, 0.3) is 0 Å². The lowest BCUT2D eigenvalue weighted by Crippen LogP contribution is -2.35. The molecule has 1 fully saturated rings. The first-order chi connectivity index (χ1) is 8.97. The fourth-order valence-corrected chi connectivity index (χ4v) is 2.50. The molecule has 1 aliphatic heterocycles. The van der Waals surface area contributed by atoms with Gasteiger partial charge in [0.15, 0.2) is 0 Å². The molecule has 2 atom stereocenters. The lowest BCUT2D eigenvalue weighted by Gasteiger charge is -2.21. The van der Waals surface area contributed by atoms with Crippen LogP contribution < -0.4 is 10.6 Å². The average molecular weight is 263 g/mol. The summed E-state index contributed by atoms with van der Waals surface area (Å²) in [4.78, 5) is 15.2. The van der Waals surface area contributed by atoms with Gasteiger partial charge < -0.3 is 15.7 Å². The van der Waals surface area contributed by atoms with Gasteiger partial charge in [-0.3, -0.25) is 9.69 Å². The Morgan fingerprint density at radius 1 is 1.42 bits per heavy atom. The molecule has 3 N–H and O–H groups in total. The molecule has 0 saturated carbocycles. The van der Waals surface area contributed by atoms with E-state index in [1.165, 1.54) is 0 Å². The van der Waals surface area contributed by atoms with Crippen molar-refractivity contribution in [1.82, 2.24) is 4.90 Å². The van der Waals surface area contributed by atoms with Crippen LogP contribution >= 0.6 is 0 Å². The molecular formula is C14H21N3O2. The van der Waals surface area contributed by atoms with E-state index in [2.05, 4.69) is 0 Å². The van der Waals surface area contributed by atoms with Crippen molar-refractivity contribution in [3.05, 3.63) is 29.8 Å². The van der Waals surface area contributed by atoms with Gasteiger partial charge in [-0.1, -0.05) is 12.1 Å². The topological polar surface area (TPSA) is 69.8 Å². The van der Waals surface area contributed by atoms with E-state index >= 15 is 0 Å². The minimum Gasteiger partial charge on any atom is -0.480 e. The Morgan fingerprint density at radius 2 is 2.05 bits per heavy atom. The maximum absolute atomic E-state index is 11.2. The molecule has 0 radical (unpaired) electrons. The zero-order chi connectivity index (χ0) is 14.0. The zero-order valence-corrected chi connectivity index (χ0v) is 11.4. The van der Waals surface area contributed by atoms with E-state index in [9.17, 15) is 9.90 Å². The first kappa shape index (κ1) is 13.8. The summed E-state index contributed by atoms with van der Waals surface area (Å²) >= 11 is 0. The maximum Gasteiger partial charge on any atom is 0.320 e. The number of rotatable bonds is 4. The third-order valence-corrected chi connectivity index (χ3v) is 3.56. The second-order valence-electron chi connectivity index (χ2n) is 5.34. The number of nitrogens with zero attached hydrogens (tertiary/aromatic N) is 2. The van der Waals surface area contributed by atoms with Crippen LogP contribution in [0, 0.1) is 0 Å². The van der Waals surface area contributed by atoms with Gasteiger partial charge in [0, 0.05) is 38.9 Å². The molecular weight excluding hydrogens is 242 g/mol. The van der Waals surface area contributed by atoms with E-state index in [-0.39, 0.29) is 6.04 Å². The van der Waals surface area contributed by atoms with Crippen LogP contribution in [0.4, 0.5) is 5.69 Å². The summed E-state index contributed by atoms with van der Waals surface area (Å²) < 4.78 is 0. The fourth-order valence-electron chi connectivity index (χ4n) is 2.50. The summed E-state index contributed by atoms with van der Waals surface area (Å²) in [5.41, 5.74) is 8.11. The number of carbonyl (C=O) groups is 1. The monoisotopic (exact) mass is 263 g/mol. The van der Waals surface area contributed by atoms with Gasteiger partial charge >= 0.3 is 5.97 Å². The third kappa shape index (κ3) is 3.24. The summed E-state index contributed by atoms with van der Waals surface area (Å²) in [5.74, 6) is -0.780. The van der Waals surface area contributed by atoms with Crippen molar-refractivity contribution in [2.24, 2.45) is 5.73 Å². The number of hydrogen-bond donors (Lipinski definition) is 2. The van der Waals surface area contributed by atoms with Gasteiger partial charge in [0.25, 0.3) is 0 Å². The predicted molar refractivity (Wildman–Crippen MR) is 75.2 cm³/mol. The highest BCUT2D eigenvalue weighted by molar-refractivity contribution is 5.74. The summed E-state index contributed by atoms with van der Waals surface area (Å²) in [6.07, 6.45) is 0.533. The van der Waals surface area contributed by atoms with E-state index in [1.54, 1.807) is 0 Å². The first-order valence-electron chi connectivity index (χ1n) is 6.46. The van der Waals surface area contributed by atoms with Crippen LogP contribution in [0.3, 0.4) is 0 Å². The van der Waals surface area contributed by atoms with Crippen molar-refractivity contribution in [2.75, 3.05) is 25.5 Å². The number of carboxylic acids is 1. The van der Waals surface area contributed by atoms with Gasteiger partial charge in [-0.05, 0) is 24.1 Å². The van der Waals surface area contributed by atoms with Crippen molar-refractivity contribution in [2.45, 2.75) is 25.0 Å². The number of benzene rings is 1. The molecule has 5 nitrogen and oxygen atoms in total. The molecule has 1 aromatic carbocycles. The predicted octanol–water partition coefficient (Wildman–Crippen LogP) is 0.739. The van der Waals surface area contributed by atoms with Crippen molar-refractivity contribution in [3.63, 3.8) is 0 Å². The normalized spacial score (nSPS) is 23.5. The second kappa shape index (κ2) is 5.59. The number of nitrogens with two attached hydrogens (primary N) is 1. The molecule has 0 aromatic heterocycles. The fraction of sp³-hybridized carbons (Fsp3) is 0.500. The van der Waals surface area contributed by atoms with Crippen molar-refractivity contribution in [1.29, 1.82) is 0 Å². The highest BCUT2D eigenvalue weighted by atomic mass is 16.4. The van der Waals surface area contributed by atoms with E-state index < -0.39 is 12.0 Å². The minimum atomic E-state index is -0.780. The van der Waals surface area contributed by atoms with Crippen molar-refractivity contribution < 1.29 is 9.90 Å². The Labute approximate surface area is 113 Å². The second-order valence-corrected chi connectivity index (χ2v) is 5.34. The lowest BCUT2D eigenvalue weighted by atomic mass is 10.1. The Balaban J connectivity index is 2.05. The van der Waals surface area contributed by atoms with Gasteiger partial charge in [0.05, 0.1) is 0 Å². The largest absolute Gasteiger partial charge is 0.480 e. The number of hydrogen-bond acceptors (Lipinski definition) is 4. The smallest absolute Gasteiger partial charge is 0.320 e. The van der Waals surface area contributed by atoms with Gasteiger partial charge in [-0.15, -0.1) is 0 Å². The lowest BCUT2D eigenvalue weighted by molar-refractivity contribution is -0.142. The summed E-state index contributed by atoms with van der Waals surface area (Å²) in [6, 6.07) is 7.67. The zero-order valence-electron chi connectivity index (χ0n) is 11.4. The Hall–Kier alpha value is -1.59. The van der Waals surface area contributed by atoms with Crippen LogP contribution in [0.1, 0.15) is 12.0 Å². The average Bonchev–Trinajstić information content (AvgIpc) is 2.71. The van der Waals surface area contributed by atoms with E-state index in [1.807, 2.05) is 48.2 Å². The number of likely N-dealkylation sites (tertiary alicyclic amines) is 1.